The van der Waals surface area contributed by atoms with E-state index in [1.807, 2.05) is 12.1 Å². The molecule has 0 aliphatic heterocycles. The van der Waals surface area contributed by atoms with Crippen LogP contribution in [-0.4, -0.2) is 13.1 Å². The van der Waals surface area contributed by atoms with Crippen LogP contribution < -0.4 is 0 Å². The molecule has 0 saturated heterocycles. The lowest BCUT2D eigenvalue weighted by atomic mass is 10.1. The molecule has 1 aromatic carbocycles. The first kappa shape index (κ1) is 9.30. The molecule has 0 amide bonds. The van der Waals surface area contributed by atoms with Crippen LogP contribution in [0.25, 0.3) is 6.08 Å². The minimum atomic E-state index is -0.325. The minimum absolute atomic E-state index is 0.325. The standard InChI is InChI=1S/C11H10O2/c1-3-4-9-5-7-10(8-6-9)11(12)13-2/h4-8H,1H2,2H3. The Morgan fingerprint density at radius 2 is 2.08 bits per heavy atom. The summed E-state index contributed by atoms with van der Waals surface area (Å²) < 4.78 is 4.56. The second kappa shape index (κ2) is 4.29. The van der Waals surface area contributed by atoms with Gasteiger partial charge in [-0.3, -0.25) is 0 Å². The lowest BCUT2D eigenvalue weighted by molar-refractivity contribution is 0.0601. The van der Waals surface area contributed by atoms with Crippen LogP contribution in [0.15, 0.2) is 36.6 Å². The lowest BCUT2D eigenvalue weighted by Gasteiger charge is -1.98. The van der Waals surface area contributed by atoms with E-state index in [4.69, 9.17) is 0 Å². The van der Waals surface area contributed by atoms with Gasteiger partial charge in [-0.15, -0.1) is 5.73 Å². The van der Waals surface area contributed by atoms with Gasteiger partial charge in [0.15, 0.2) is 0 Å². The zero-order chi connectivity index (χ0) is 9.68. The first-order chi connectivity index (χ1) is 6.27. The Morgan fingerprint density at radius 3 is 2.54 bits per heavy atom. The molecule has 0 fully saturated rings. The van der Waals surface area contributed by atoms with E-state index in [1.54, 1.807) is 18.2 Å². The highest BCUT2D eigenvalue weighted by molar-refractivity contribution is 5.89. The van der Waals surface area contributed by atoms with Gasteiger partial charge in [0, 0.05) is 0 Å². The van der Waals surface area contributed by atoms with Crippen molar-refractivity contribution in [2.45, 2.75) is 0 Å². The molecular weight excluding hydrogens is 164 g/mol. The maximum Gasteiger partial charge on any atom is 0.337 e. The Hall–Kier alpha value is -1.79. The molecule has 0 atom stereocenters. The average Bonchev–Trinajstić information content (AvgIpc) is 2.18. The van der Waals surface area contributed by atoms with Crippen LogP contribution in [0.3, 0.4) is 0 Å². The monoisotopic (exact) mass is 174 g/mol. The molecule has 0 heterocycles. The number of carbonyl (C=O) groups excluding carboxylic acids is 1. The molecule has 0 radical (unpaired) electrons. The second-order valence-electron chi connectivity index (χ2n) is 2.46. The first-order valence-corrected chi connectivity index (χ1v) is 3.82. The minimum Gasteiger partial charge on any atom is -0.465 e. The van der Waals surface area contributed by atoms with E-state index >= 15 is 0 Å². The van der Waals surface area contributed by atoms with Crippen molar-refractivity contribution in [1.29, 1.82) is 0 Å². The van der Waals surface area contributed by atoms with Crippen molar-refractivity contribution in [3.63, 3.8) is 0 Å². The molecule has 0 spiro atoms. The van der Waals surface area contributed by atoms with E-state index in [-0.39, 0.29) is 5.97 Å². The van der Waals surface area contributed by atoms with Crippen molar-refractivity contribution in [3.05, 3.63) is 47.7 Å². The molecule has 1 aromatic rings. The van der Waals surface area contributed by atoms with Gasteiger partial charge >= 0.3 is 5.97 Å². The van der Waals surface area contributed by atoms with Crippen LogP contribution in [0.4, 0.5) is 0 Å². The number of carbonyl (C=O) groups is 1. The summed E-state index contributed by atoms with van der Waals surface area (Å²) in [6.07, 6.45) is 1.74. The summed E-state index contributed by atoms with van der Waals surface area (Å²) in [5.41, 5.74) is 4.16. The molecule has 0 N–H and O–H groups in total. The predicted octanol–water partition coefficient (Wildman–Crippen LogP) is 2.27. The maximum absolute atomic E-state index is 11.0. The van der Waals surface area contributed by atoms with Crippen molar-refractivity contribution in [1.82, 2.24) is 0 Å². The number of rotatable bonds is 2. The third-order valence-electron chi connectivity index (χ3n) is 1.60. The average molecular weight is 174 g/mol. The first-order valence-electron chi connectivity index (χ1n) is 3.82. The third kappa shape index (κ3) is 2.32. The summed E-state index contributed by atoms with van der Waals surface area (Å²) in [6, 6.07) is 7.03. The van der Waals surface area contributed by atoms with Crippen LogP contribution in [0.1, 0.15) is 15.9 Å². The molecule has 66 valence electrons. The molecule has 2 heteroatoms. The quantitative estimate of drug-likeness (QED) is 0.508. The highest BCUT2D eigenvalue weighted by Gasteiger charge is 2.02. The van der Waals surface area contributed by atoms with Gasteiger partial charge in [-0.05, 0) is 23.8 Å². The number of hydrogen-bond acceptors (Lipinski definition) is 2. The van der Waals surface area contributed by atoms with E-state index in [2.05, 4.69) is 17.0 Å². The highest BCUT2D eigenvalue weighted by Crippen LogP contribution is 2.06. The fraction of sp³-hybridized carbons (Fsp3) is 0.0909. The van der Waals surface area contributed by atoms with Crippen LogP contribution in [0, 0.1) is 0 Å². The summed E-state index contributed by atoms with van der Waals surface area (Å²) in [6.45, 7) is 3.46. The summed E-state index contributed by atoms with van der Waals surface area (Å²) >= 11 is 0. The molecule has 0 aliphatic rings. The maximum atomic E-state index is 11.0. The number of esters is 1. The number of benzene rings is 1. The fourth-order valence-electron chi connectivity index (χ4n) is 0.951. The SMILES string of the molecule is C=C=Cc1ccc(C(=O)OC)cc1. The van der Waals surface area contributed by atoms with Gasteiger partial charge in [0.05, 0.1) is 12.7 Å². The van der Waals surface area contributed by atoms with Gasteiger partial charge in [-0.25, -0.2) is 4.79 Å². The molecule has 0 saturated carbocycles. The van der Waals surface area contributed by atoms with Crippen molar-refractivity contribution in [2.24, 2.45) is 0 Å². The van der Waals surface area contributed by atoms with Gasteiger partial charge in [-0.1, -0.05) is 18.7 Å². The molecule has 2 nitrogen and oxygen atoms in total. The summed E-state index contributed by atoms with van der Waals surface area (Å²) in [5, 5.41) is 0. The van der Waals surface area contributed by atoms with Gasteiger partial charge in [0.1, 0.15) is 0 Å². The topological polar surface area (TPSA) is 26.3 Å². The van der Waals surface area contributed by atoms with Crippen LogP contribution in [0.2, 0.25) is 0 Å². The van der Waals surface area contributed by atoms with Gasteiger partial charge in [0.25, 0.3) is 0 Å². The number of ether oxygens (including phenoxy) is 1. The molecule has 0 unspecified atom stereocenters. The second-order valence-corrected chi connectivity index (χ2v) is 2.46. The molecule has 13 heavy (non-hydrogen) atoms. The van der Waals surface area contributed by atoms with E-state index in [0.717, 1.165) is 5.56 Å². The Labute approximate surface area is 77.2 Å². The van der Waals surface area contributed by atoms with Crippen LogP contribution in [-0.2, 0) is 4.74 Å². The summed E-state index contributed by atoms with van der Waals surface area (Å²) in [7, 11) is 1.36. The third-order valence-corrected chi connectivity index (χ3v) is 1.60. The molecule has 0 aliphatic carbocycles. The smallest absolute Gasteiger partial charge is 0.337 e. The number of hydrogen-bond donors (Lipinski definition) is 0. The van der Waals surface area contributed by atoms with Crippen molar-refractivity contribution in [3.8, 4) is 0 Å². The van der Waals surface area contributed by atoms with Crippen molar-refractivity contribution in [2.75, 3.05) is 7.11 Å². The van der Waals surface area contributed by atoms with Crippen molar-refractivity contribution >= 4 is 12.0 Å². The van der Waals surface area contributed by atoms with E-state index in [9.17, 15) is 4.79 Å². The zero-order valence-electron chi connectivity index (χ0n) is 7.41. The van der Waals surface area contributed by atoms with Crippen molar-refractivity contribution < 1.29 is 9.53 Å². The van der Waals surface area contributed by atoms with Gasteiger partial charge < -0.3 is 4.74 Å². The van der Waals surface area contributed by atoms with E-state index < -0.39 is 0 Å². The predicted molar refractivity (Wildman–Crippen MR) is 51.4 cm³/mol. The largest absolute Gasteiger partial charge is 0.465 e. The van der Waals surface area contributed by atoms with E-state index in [0.29, 0.717) is 5.56 Å². The summed E-state index contributed by atoms with van der Waals surface area (Å²) in [5.74, 6) is -0.325. The fourth-order valence-corrected chi connectivity index (χ4v) is 0.951. The summed E-state index contributed by atoms with van der Waals surface area (Å²) in [4.78, 5) is 11.0. The van der Waals surface area contributed by atoms with E-state index in [1.165, 1.54) is 7.11 Å². The Balaban J connectivity index is 2.93. The molecule has 0 aromatic heterocycles. The van der Waals surface area contributed by atoms with Gasteiger partial charge in [-0.2, -0.15) is 0 Å². The zero-order valence-corrected chi connectivity index (χ0v) is 7.41. The molecule has 1 rings (SSSR count). The number of methoxy groups -OCH3 is 1. The Kier molecular flexibility index (Phi) is 3.07. The van der Waals surface area contributed by atoms with Crippen LogP contribution >= 0.6 is 0 Å². The van der Waals surface area contributed by atoms with Gasteiger partial charge in [0.2, 0.25) is 0 Å². The van der Waals surface area contributed by atoms with Crippen LogP contribution in [0.5, 0.6) is 0 Å². The molecule has 0 bridgehead atoms. The Morgan fingerprint density at radius 1 is 1.46 bits per heavy atom. The highest BCUT2D eigenvalue weighted by atomic mass is 16.5. The lowest BCUT2D eigenvalue weighted by Crippen LogP contribution is -2.00. The molecular formula is C11H10O2. The Bertz CT molecular complexity index is 343. The normalized spacial score (nSPS) is 8.69.